The van der Waals surface area contributed by atoms with Gasteiger partial charge in [0.15, 0.2) is 0 Å². The minimum atomic E-state index is -0.504. The number of benzene rings is 1. The Labute approximate surface area is 98.7 Å². The van der Waals surface area contributed by atoms with Crippen LogP contribution in [0.5, 0.6) is 5.75 Å². The van der Waals surface area contributed by atoms with Crippen molar-refractivity contribution >= 4 is 17.6 Å². The van der Waals surface area contributed by atoms with Crippen LogP contribution in [0.1, 0.15) is 15.9 Å². The summed E-state index contributed by atoms with van der Waals surface area (Å²) < 4.78 is 9.82. The molecule has 4 nitrogen and oxygen atoms in total. The van der Waals surface area contributed by atoms with E-state index in [9.17, 15) is 4.79 Å². The van der Waals surface area contributed by atoms with E-state index in [1.165, 1.54) is 13.2 Å². The molecule has 0 aliphatic heterocycles. The molecule has 1 N–H and O–H groups in total. The molecule has 0 spiro atoms. The summed E-state index contributed by atoms with van der Waals surface area (Å²) in [6.07, 6.45) is 0. The van der Waals surface area contributed by atoms with Crippen LogP contribution in [0.15, 0.2) is 12.1 Å². The molecule has 0 fully saturated rings. The van der Waals surface area contributed by atoms with Crippen molar-refractivity contribution in [1.82, 2.24) is 0 Å². The number of carbonyl (C=O) groups is 1. The van der Waals surface area contributed by atoms with Crippen LogP contribution in [0, 0.1) is 6.92 Å². The highest BCUT2D eigenvalue weighted by atomic mass is 35.5. The molecule has 0 aliphatic rings. The smallest absolute Gasteiger partial charge is 0.338 e. The average Bonchev–Trinajstić information content (AvgIpc) is 2.28. The Morgan fingerprint density at radius 2 is 2.19 bits per heavy atom. The van der Waals surface area contributed by atoms with Gasteiger partial charge in [-0.1, -0.05) is 11.6 Å². The van der Waals surface area contributed by atoms with Gasteiger partial charge in [-0.3, -0.25) is 0 Å². The van der Waals surface area contributed by atoms with Crippen molar-refractivity contribution in [2.24, 2.45) is 0 Å². The number of hydrogen-bond acceptors (Lipinski definition) is 4. The fourth-order valence-corrected chi connectivity index (χ4v) is 1.49. The molecular weight excluding hydrogens is 232 g/mol. The first-order valence-electron chi connectivity index (χ1n) is 4.72. The van der Waals surface area contributed by atoms with Gasteiger partial charge in [0.1, 0.15) is 12.4 Å². The van der Waals surface area contributed by atoms with Gasteiger partial charge >= 0.3 is 5.97 Å². The van der Waals surface area contributed by atoms with E-state index in [0.717, 1.165) is 0 Å². The van der Waals surface area contributed by atoms with Crippen LogP contribution in [0.3, 0.4) is 0 Å². The van der Waals surface area contributed by atoms with Gasteiger partial charge in [-0.2, -0.15) is 0 Å². The molecule has 1 rings (SSSR count). The van der Waals surface area contributed by atoms with Crippen LogP contribution in [-0.2, 0) is 4.74 Å². The molecule has 5 heteroatoms. The van der Waals surface area contributed by atoms with Crippen molar-refractivity contribution in [3.05, 3.63) is 28.3 Å². The summed E-state index contributed by atoms with van der Waals surface area (Å²) >= 11 is 5.90. The number of esters is 1. The zero-order valence-electron chi connectivity index (χ0n) is 9.12. The monoisotopic (exact) mass is 244 g/mol. The number of hydrogen-bond donors (Lipinski definition) is 1. The Morgan fingerprint density at radius 3 is 2.75 bits per heavy atom. The first-order valence-corrected chi connectivity index (χ1v) is 5.10. The maximum Gasteiger partial charge on any atom is 0.338 e. The second-order valence-electron chi connectivity index (χ2n) is 3.16. The lowest BCUT2D eigenvalue weighted by atomic mass is 10.1. The van der Waals surface area contributed by atoms with Gasteiger partial charge in [0.2, 0.25) is 0 Å². The van der Waals surface area contributed by atoms with E-state index in [-0.39, 0.29) is 13.2 Å². The van der Waals surface area contributed by atoms with Crippen LogP contribution < -0.4 is 4.74 Å². The molecule has 0 amide bonds. The van der Waals surface area contributed by atoms with Crippen LogP contribution in [0.25, 0.3) is 0 Å². The Bertz CT molecular complexity index is 390. The Hall–Kier alpha value is -1.26. The first-order chi connectivity index (χ1) is 7.60. The molecule has 0 radical (unpaired) electrons. The Morgan fingerprint density at radius 1 is 1.50 bits per heavy atom. The molecule has 0 unspecified atom stereocenters. The molecule has 0 heterocycles. The molecule has 0 atom stereocenters. The molecule has 0 saturated heterocycles. The van der Waals surface area contributed by atoms with Gasteiger partial charge in [-0.25, -0.2) is 4.79 Å². The highest BCUT2D eigenvalue weighted by Crippen LogP contribution is 2.28. The van der Waals surface area contributed by atoms with E-state index in [1.807, 2.05) is 0 Å². The summed E-state index contributed by atoms with van der Waals surface area (Å²) in [6, 6.07) is 3.16. The normalized spacial score (nSPS) is 10.0. The SMILES string of the molecule is COc1cc(C)c(C(=O)OCCO)cc1Cl. The maximum atomic E-state index is 11.5. The number of aliphatic hydroxyl groups excluding tert-OH is 1. The fourth-order valence-electron chi connectivity index (χ4n) is 1.25. The summed E-state index contributed by atoms with van der Waals surface area (Å²) in [6.45, 7) is 1.53. The van der Waals surface area contributed by atoms with E-state index in [2.05, 4.69) is 0 Å². The maximum absolute atomic E-state index is 11.5. The molecule has 88 valence electrons. The molecule has 0 aliphatic carbocycles. The lowest BCUT2D eigenvalue weighted by Gasteiger charge is -2.09. The molecule has 1 aromatic carbocycles. The summed E-state index contributed by atoms with van der Waals surface area (Å²) in [5.74, 6) is 0.00831. The number of aliphatic hydroxyl groups is 1. The fraction of sp³-hybridized carbons (Fsp3) is 0.364. The average molecular weight is 245 g/mol. The topological polar surface area (TPSA) is 55.8 Å². The summed E-state index contributed by atoms with van der Waals surface area (Å²) in [7, 11) is 1.50. The summed E-state index contributed by atoms with van der Waals surface area (Å²) in [5, 5.41) is 8.90. The van der Waals surface area contributed by atoms with Crippen LogP contribution in [-0.4, -0.2) is 31.4 Å². The van der Waals surface area contributed by atoms with E-state index in [4.69, 9.17) is 26.2 Å². The number of carbonyl (C=O) groups excluding carboxylic acids is 1. The van der Waals surface area contributed by atoms with Gasteiger partial charge in [-0.05, 0) is 24.6 Å². The van der Waals surface area contributed by atoms with Crippen molar-refractivity contribution in [2.75, 3.05) is 20.3 Å². The van der Waals surface area contributed by atoms with Crippen molar-refractivity contribution in [1.29, 1.82) is 0 Å². The zero-order valence-corrected chi connectivity index (χ0v) is 9.87. The number of ether oxygens (including phenoxy) is 2. The van der Waals surface area contributed by atoms with Gasteiger partial charge < -0.3 is 14.6 Å². The zero-order chi connectivity index (χ0) is 12.1. The van der Waals surface area contributed by atoms with E-state index in [1.54, 1.807) is 13.0 Å². The van der Waals surface area contributed by atoms with Crippen LogP contribution in [0.4, 0.5) is 0 Å². The molecule has 0 bridgehead atoms. The van der Waals surface area contributed by atoms with Gasteiger partial charge in [-0.15, -0.1) is 0 Å². The van der Waals surface area contributed by atoms with Gasteiger partial charge in [0.25, 0.3) is 0 Å². The number of halogens is 1. The third-order valence-corrected chi connectivity index (χ3v) is 2.34. The van der Waals surface area contributed by atoms with Crippen molar-refractivity contribution in [2.45, 2.75) is 6.92 Å². The second-order valence-corrected chi connectivity index (χ2v) is 3.57. The lowest BCUT2D eigenvalue weighted by molar-refractivity contribution is 0.0433. The summed E-state index contributed by atoms with van der Waals surface area (Å²) in [5.41, 5.74) is 1.09. The highest BCUT2D eigenvalue weighted by Gasteiger charge is 2.13. The predicted molar refractivity (Wildman–Crippen MR) is 60.1 cm³/mol. The van der Waals surface area contributed by atoms with Crippen molar-refractivity contribution in [3.8, 4) is 5.75 Å². The molecule has 1 aromatic rings. The third-order valence-electron chi connectivity index (χ3n) is 2.04. The highest BCUT2D eigenvalue weighted by molar-refractivity contribution is 6.32. The minimum absolute atomic E-state index is 0.0259. The number of rotatable bonds is 4. The number of aryl methyl sites for hydroxylation is 1. The number of methoxy groups -OCH3 is 1. The van der Waals surface area contributed by atoms with E-state index in [0.29, 0.717) is 21.9 Å². The van der Waals surface area contributed by atoms with E-state index >= 15 is 0 Å². The van der Waals surface area contributed by atoms with Gasteiger partial charge in [0, 0.05) is 0 Å². The largest absolute Gasteiger partial charge is 0.495 e. The Balaban J connectivity index is 2.97. The molecule has 16 heavy (non-hydrogen) atoms. The molecular formula is C11H13ClO4. The minimum Gasteiger partial charge on any atom is -0.495 e. The van der Waals surface area contributed by atoms with Crippen molar-refractivity contribution < 1.29 is 19.4 Å². The van der Waals surface area contributed by atoms with Crippen LogP contribution in [0.2, 0.25) is 5.02 Å². The van der Waals surface area contributed by atoms with Gasteiger partial charge in [0.05, 0.1) is 24.3 Å². The lowest BCUT2D eigenvalue weighted by Crippen LogP contribution is -2.10. The Kier molecular flexibility index (Phi) is 4.58. The molecule has 0 saturated carbocycles. The van der Waals surface area contributed by atoms with Crippen LogP contribution >= 0.6 is 11.6 Å². The summed E-state index contributed by atoms with van der Waals surface area (Å²) in [4.78, 5) is 11.5. The molecule has 0 aromatic heterocycles. The first kappa shape index (κ1) is 12.8. The standard InChI is InChI=1S/C11H13ClO4/c1-7-5-10(15-2)9(12)6-8(7)11(14)16-4-3-13/h5-6,13H,3-4H2,1-2H3. The quantitative estimate of drug-likeness (QED) is 0.821. The predicted octanol–water partition coefficient (Wildman–Crippen LogP) is 1.81. The third kappa shape index (κ3) is 2.87. The van der Waals surface area contributed by atoms with E-state index < -0.39 is 5.97 Å². The second kappa shape index (κ2) is 5.72. The van der Waals surface area contributed by atoms with Crippen molar-refractivity contribution in [3.63, 3.8) is 0 Å².